The predicted molar refractivity (Wildman–Crippen MR) is 83.3 cm³/mol. The Balaban J connectivity index is 2.49. The summed E-state index contributed by atoms with van der Waals surface area (Å²) in [6.07, 6.45) is 0.833. The number of benzene rings is 2. The Morgan fingerprint density at radius 3 is 2.42 bits per heavy atom. The van der Waals surface area contributed by atoms with Gasteiger partial charge in [0.2, 0.25) is 0 Å². The maximum Gasteiger partial charge on any atom is 0.0645 e. The van der Waals surface area contributed by atoms with E-state index in [9.17, 15) is 0 Å². The van der Waals surface area contributed by atoms with Gasteiger partial charge in [-0.1, -0.05) is 41.9 Å². The Bertz CT molecular complexity index is 526. The van der Waals surface area contributed by atoms with E-state index in [0.29, 0.717) is 6.54 Å². The predicted octanol–water partition coefficient (Wildman–Crippen LogP) is 4.00. The van der Waals surface area contributed by atoms with Crippen molar-refractivity contribution in [3.63, 3.8) is 0 Å². The molecule has 0 fully saturated rings. The molecule has 0 aliphatic rings. The highest BCUT2D eigenvalue weighted by atomic mass is 35.5. The lowest BCUT2D eigenvalue weighted by molar-refractivity contribution is 0.942. The molecule has 2 N–H and O–H groups in total. The van der Waals surface area contributed by atoms with E-state index in [0.717, 1.165) is 29.4 Å². The fraction of sp³-hybridized carbons (Fsp3) is 0.250. The van der Waals surface area contributed by atoms with E-state index in [-0.39, 0.29) is 0 Å². The average Bonchev–Trinajstić information content (AvgIpc) is 2.44. The van der Waals surface area contributed by atoms with Gasteiger partial charge in [0, 0.05) is 12.2 Å². The SMILES string of the molecule is CCN(c1ccccc1)c1c(Cl)cccc1CCN. The molecule has 0 aromatic heterocycles. The number of halogens is 1. The highest BCUT2D eigenvalue weighted by molar-refractivity contribution is 6.33. The van der Waals surface area contributed by atoms with Gasteiger partial charge in [-0.3, -0.25) is 0 Å². The van der Waals surface area contributed by atoms with Crippen LogP contribution in [0, 0.1) is 0 Å². The first-order chi connectivity index (χ1) is 9.27. The van der Waals surface area contributed by atoms with Gasteiger partial charge in [-0.15, -0.1) is 0 Å². The Kier molecular flexibility index (Phi) is 4.83. The molecule has 0 bridgehead atoms. The molecule has 100 valence electrons. The van der Waals surface area contributed by atoms with Crippen molar-refractivity contribution in [2.45, 2.75) is 13.3 Å². The molecule has 3 heteroatoms. The van der Waals surface area contributed by atoms with Gasteiger partial charge in [0.05, 0.1) is 10.7 Å². The lowest BCUT2D eigenvalue weighted by Crippen LogP contribution is -2.19. The molecule has 0 unspecified atom stereocenters. The van der Waals surface area contributed by atoms with Gasteiger partial charge in [-0.2, -0.15) is 0 Å². The van der Waals surface area contributed by atoms with Crippen LogP contribution in [0.15, 0.2) is 48.5 Å². The minimum atomic E-state index is 0.625. The minimum absolute atomic E-state index is 0.625. The molecule has 19 heavy (non-hydrogen) atoms. The van der Waals surface area contributed by atoms with E-state index < -0.39 is 0 Å². The van der Waals surface area contributed by atoms with Crippen LogP contribution < -0.4 is 10.6 Å². The molecule has 0 saturated heterocycles. The molecule has 2 nitrogen and oxygen atoms in total. The summed E-state index contributed by atoms with van der Waals surface area (Å²) < 4.78 is 0. The second-order valence-corrected chi connectivity index (χ2v) is 4.77. The van der Waals surface area contributed by atoms with Gasteiger partial charge >= 0.3 is 0 Å². The van der Waals surface area contributed by atoms with E-state index in [4.69, 9.17) is 17.3 Å². The number of hydrogen-bond acceptors (Lipinski definition) is 2. The zero-order valence-corrected chi connectivity index (χ0v) is 11.9. The van der Waals surface area contributed by atoms with Gasteiger partial charge in [-0.05, 0) is 43.7 Å². The van der Waals surface area contributed by atoms with Gasteiger partial charge in [0.15, 0.2) is 0 Å². The fourth-order valence-electron chi connectivity index (χ4n) is 2.30. The zero-order chi connectivity index (χ0) is 13.7. The Morgan fingerprint density at radius 2 is 1.79 bits per heavy atom. The third-order valence-corrected chi connectivity index (χ3v) is 3.44. The van der Waals surface area contributed by atoms with Crippen molar-refractivity contribution in [2.24, 2.45) is 5.73 Å². The molecule has 0 amide bonds. The van der Waals surface area contributed by atoms with Gasteiger partial charge < -0.3 is 10.6 Å². The van der Waals surface area contributed by atoms with E-state index in [1.807, 2.05) is 30.3 Å². The quantitative estimate of drug-likeness (QED) is 0.893. The molecule has 2 aromatic carbocycles. The monoisotopic (exact) mass is 274 g/mol. The van der Waals surface area contributed by atoms with Gasteiger partial charge in [0.1, 0.15) is 0 Å². The van der Waals surface area contributed by atoms with Crippen LogP contribution in [0.5, 0.6) is 0 Å². The van der Waals surface area contributed by atoms with Crippen molar-refractivity contribution < 1.29 is 0 Å². The third-order valence-electron chi connectivity index (χ3n) is 3.14. The van der Waals surface area contributed by atoms with E-state index in [2.05, 4.69) is 30.0 Å². The summed E-state index contributed by atoms with van der Waals surface area (Å²) >= 11 is 6.41. The van der Waals surface area contributed by atoms with Crippen LogP contribution in [0.1, 0.15) is 12.5 Å². The molecule has 2 aromatic rings. The Morgan fingerprint density at radius 1 is 1.05 bits per heavy atom. The van der Waals surface area contributed by atoms with Crippen LogP contribution in [0.2, 0.25) is 5.02 Å². The van der Waals surface area contributed by atoms with Crippen molar-refractivity contribution in [3.05, 3.63) is 59.1 Å². The summed E-state index contributed by atoms with van der Waals surface area (Å²) in [6, 6.07) is 16.3. The number of anilines is 2. The fourth-order valence-corrected chi connectivity index (χ4v) is 2.59. The molecule has 0 saturated carbocycles. The smallest absolute Gasteiger partial charge is 0.0645 e. The van der Waals surface area contributed by atoms with Crippen molar-refractivity contribution in [2.75, 3.05) is 18.0 Å². The number of nitrogens with zero attached hydrogens (tertiary/aromatic N) is 1. The summed E-state index contributed by atoms with van der Waals surface area (Å²) in [7, 11) is 0. The summed E-state index contributed by atoms with van der Waals surface area (Å²) in [5.41, 5.74) is 9.12. The second-order valence-electron chi connectivity index (χ2n) is 4.37. The number of hydrogen-bond donors (Lipinski definition) is 1. The average molecular weight is 275 g/mol. The molecule has 0 spiro atoms. The molecule has 0 heterocycles. The first-order valence-corrected chi connectivity index (χ1v) is 6.95. The summed E-state index contributed by atoms with van der Waals surface area (Å²) in [5.74, 6) is 0. The molecule has 2 rings (SSSR count). The normalized spacial score (nSPS) is 10.5. The van der Waals surface area contributed by atoms with Crippen LogP contribution in [0.25, 0.3) is 0 Å². The highest BCUT2D eigenvalue weighted by Crippen LogP contribution is 2.35. The third kappa shape index (κ3) is 3.09. The minimum Gasteiger partial charge on any atom is -0.340 e. The summed E-state index contributed by atoms with van der Waals surface area (Å²) in [6.45, 7) is 3.62. The summed E-state index contributed by atoms with van der Waals surface area (Å²) in [5, 5.41) is 0.775. The Labute approximate surface area is 119 Å². The van der Waals surface area contributed by atoms with Gasteiger partial charge in [-0.25, -0.2) is 0 Å². The summed E-state index contributed by atoms with van der Waals surface area (Å²) in [4.78, 5) is 2.23. The lowest BCUT2D eigenvalue weighted by Gasteiger charge is -2.27. The van der Waals surface area contributed by atoms with Crippen molar-refractivity contribution >= 4 is 23.0 Å². The highest BCUT2D eigenvalue weighted by Gasteiger charge is 2.14. The standard InChI is InChI=1S/C16H19ClN2/c1-2-19(14-8-4-3-5-9-14)16-13(11-12-18)7-6-10-15(16)17/h3-10H,2,11-12,18H2,1H3. The van der Waals surface area contributed by atoms with Crippen LogP contribution in [0.4, 0.5) is 11.4 Å². The largest absolute Gasteiger partial charge is 0.340 e. The maximum absolute atomic E-state index is 6.41. The zero-order valence-electron chi connectivity index (χ0n) is 11.1. The molecule has 0 aliphatic carbocycles. The first-order valence-electron chi connectivity index (χ1n) is 6.58. The molecular weight excluding hydrogens is 256 g/mol. The van der Waals surface area contributed by atoms with E-state index in [1.165, 1.54) is 5.56 Å². The van der Waals surface area contributed by atoms with Crippen molar-refractivity contribution in [1.82, 2.24) is 0 Å². The molecule has 0 radical (unpaired) electrons. The maximum atomic E-state index is 6.41. The van der Waals surface area contributed by atoms with Gasteiger partial charge in [0.25, 0.3) is 0 Å². The number of nitrogens with two attached hydrogens (primary N) is 1. The number of para-hydroxylation sites is 2. The van der Waals surface area contributed by atoms with Crippen molar-refractivity contribution in [1.29, 1.82) is 0 Å². The topological polar surface area (TPSA) is 29.3 Å². The molecular formula is C16H19ClN2. The van der Waals surface area contributed by atoms with Crippen LogP contribution in [-0.4, -0.2) is 13.1 Å². The Hall–Kier alpha value is -1.51. The second kappa shape index (κ2) is 6.60. The number of rotatable bonds is 5. The van der Waals surface area contributed by atoms with E-state index in [1.54, 1.807) is 0 Å². The van der Waals surface area contributed by atoms with Crippen molar-refractivity contribution in [3.8, 4) is 0 Å². The van der Waals surface area contributed by atoms with Crippen LogP contribution in [0.3, 0.4) is 0 Å². The molecule has 0 atom stereocenters. The van der Waals surface area contributed by atoms with E-state index >= 15 is 0 Å². The first kappa shape index (κ1) is 13.9. The lowest BCUT2D eigenvalue weighted by atomic mass is 10.1. The van der Waals surface area contributed by atoms with Crippen LogP contribution >= 0.6 is 11.6 Å². The van der Waals surface area contributed by atoms with Crippen LogP contribution in [-0.2, 0) is 6.42 Å². The molecule has 0 aliphatic heterocycles.